The van der Waals surface area contributed by atoms with Crippen molar-refractivity contribution in [2.24, 2.45) is 0 Å². The number of halogens is 1. The minimum absolute atomic E-state index is 0.158. The van der Waals surface area contributed by atoms with E-state index in [1.807, 2.05) is 4.90 Å². The summed E-state index contributed by atoms with van der Waals surface area (Å²) in [6, 6.07) is 2.51. The molecule has 0 unspecified atom stereocenters. The van der Waals surface area contributed by atoms with Crippen LogP contribution in [0.5, 0.6) is 0 Å². The molecule has 3 aromatic rings. The first kappa shape index (κ1) is 22.7. The molecule has 2 aromatic heterocycles. The summed E-state index contributed by atoms with van der Waals surface area (Å²) in [7, 11) is 1.68. The van der Waals surface area contributed by atoms with E-state index >= 15 is 0 Å². The van der Waals surface area contributed by atoms with Crippen molar-refractivity contribution in [1.82, 2.24) is 15.0 Å². The van der Waals surface area contributed by atoms with Crippen LogP contribution >= 0.6 is 11.3 Å². The predicted octanol–water partition coefficient (Wildman–Crippen LogP) is 3.42. The van der Waals surface area contributed by atoms with Crippen LogP contribution in [-0.2, 0) is 4.74 Å². The Balaban J connectivity index is 1.46. The van der Waals surface area contributed by atoms with Crippen LogP contribution in [0.25, 0.3) is 0 Å². The number of anilines is 3. The summed E-state index contributed by atoms with van der Waals surface area (Å²) in [5.41, 5.74) is 0.605. The normalized spacial score (nSPS) is 15.5. The molecule has 1 aliphatic heterocycles. The van der Waals surface area contributed by atoms with Crippen LogP contribution in [0, 0.1) is 19.7 Å². The molecule has 2 N–H and O–H groups in total. The van der Waals surface area contributed by atoms with E-state index in [0.717, 1.165) is 24.5 Å². The number of nitrogens with one attached hydrogen (secondary N) is 2. The summed E-state index contributed by atoms with van der Waals surface area (Å²) in [4.78, 5) is 40.3. The number of nitrogens with zero attached hydrogens (tertiary/aromatic N) is 4. The van der Waals surface area contributed by atoms with Gasteiger partial charge in [-0.05, 0) is 38.0 Å². The lowest BCUT2D eigenvalue weighted by molar-refractivity contribution is 0.101. The molecule has 0 radical (unpaired) electrons. The van der Waals surface area contributed by atoms with E-state index in [4.69, 9.17) is 4.74 Å². The molecule has 4 rings (SSSR count). The first-order valence-electron chi connectivity index (χ1n) is 10.3. The van der Waals surface area contributed by atoms with Crippen molar-refractivity contribution in [3.8, 4) is 0 Å². The highest BCUT2D eigenvalue weighted by atomic mass is 32.1. The Bertz CT molecular complexity index is 1180. The minimum atomic E-state index is -0.705. The lowest BCUT2D eigenvalue weighted by atomic mass is 10.1. The molecule has 9 nitrogen and oxygen atoms in total. The van der Waals surface area contributed by atoms with Crippen LogP contribution in [0.1, 0.15) is 37.0 Å². The maximum absolute atomic E-state index is 14.6. The molecule has 1 aliphatic rings. The van der Waals surface area contributed by atoms with Gasteiger partial charge in [0, 0.05) is 25.9 Å². The first-order valence-corrected chi connectivity index (χ1v) is 11.1. The SMILES string of the molecule is CO[C@@H]1CCN(c2cnc(NC(=O)c3cc(NC(=O)c4cnc(C)s4)c(C)cc3F)cn2)C1. The van der Waals surface area contributed by atoms with Crippen LogP contribution in [-0.4, -0.2) is 53.1 Å². The second kappa shape index (κ2) is 9.59. The van der Waals surface area contributed by atoms with E-state index < -0.39 is 11.7 Å². The number of ether oxygens (including phenoxy) is 1. The molecule has 0 aliphatic carbocycles. The first-order chi connectivity index (χ1) is 15.8. The third-order valence-corrected chi connectivity index (χ3v) is 6.25. The van der Waals surface area contributed by atoms with E-state index in [2.05, 4.69) is 25.6 Å². The summed E-state index contributed by atoms with van der Waals surface area (Å²) in [5.74, 6) is -0.904. The summed E-state index contributed by atoms with van der Waals surface area (Å²) in [6.07, 6.45) is 5.52. The van der Waals surface area contributed by atoms with Crippen molar-refractivity contribution >= 4 is 40.5 Å². The number of aryl methyl sites for hydroxylation is 2. The van der Waals surface area contributed by atoms with Gasteiger partial charge in [0.25, 0.3) is 11.8 Å². The van der Waals surface area contributed by atoms with Gasteiger partial charge in [-0.15, -0.1) is 11.3 Å². The summed E-state index contributed by atoms with van der Waals surface area (Å²) < 4.78 is 19.9. The van der Waals surface area contributed by atoms with Crippen LogP contribution in [0.3, 0.4) is 0 Å². The standard InChI is InChI=1S/C22H23FN6O3S/c1-12-6-16(23)15(7-17(12)27-22(31)18-8-24-13(2)33-18)21(30)28-19-9-26-20(10-25-19)29-5-4-14(11-29)32-3/h6-10,14H,4-5,11H2,1-3H3,(H,27,31)(H,25,28,30)/t14-/m1/s1. The number of methoxy groups -OCH3 is 1. The second-order valence-corrected chi connectivity index (χ2v) is 8.89. The van der Waals surface area contributed by atoms with E-state index in [1.165, 1.54) is 35.9 Å². The van der Waals surface area contributed by atoms with E-state index in [0.29, 0.717) is 21.9 Å². The molecule has 172 valence electrons. The Kier molecular flexibility index (Phi) is 6.61. The molecule has 1 fully saturated rings. The van der Waals surface area contributed by atoms with Gasteiger partial charge in [-0.2, -0.15) is 0 Å². The van der Waals surface area contributed by atoms with E-state index in [-0.39, 0.29) is 23.4 Å². The molecule has 1 aromatic carbocycles. The van der Waals surface area contributed by atoms with Crippen LogP contribution in [0.2, 0.25) is 0 Å². The maximum atomic E-state index is 14.6. The highest BCUT2D eigenvalue weighted by molar-refractivity contribution is 7.13. The number of hydrogen-bond acceptors (Lipinski definition) is 8. The van der Waals surface area contributed by atoms with Crippen molar-refractivity contribution in [2.45, 2.75) is 26.4 Å². The fourth-order valence-corrected chi connectivity index (χ4v) is 4.17. The highest BCUT2D eigenvalue weighted by Crippen LogP contribution is 2.24. The molecule has 1 saturated heterocycles. The van der Waals surface area contributed by atoms with Gasteiger partial charge in [0.1, 0.15) is 16.5 Å². The van der Waals surface area contributed by atoms with Crippen LogP contribution in [0.4, 0.5) is 21.7 Å². The number of thiazole rings is 1. The average Bonchev–Trinajstić information content (AvgIpc) is 3.45. The monoisotopic (exact) mass is 470 g/mol. The van der Waals surface area contributed by atoms with Crippen molar-refractivity contribution in [1.29, 1.82) is 0 Å². The smallest absolute Gasteiger partial charge is 0.267 e. The zero-order chi connectivity index (χ0) is 23.5. The zero-order valence-corrected chi connectivity index (χ0v) is 19.2. The topological polar surface area (TPSA) is 109 Å². The molecular formula is C22H23FN6O3S. The fraction of sp³-hybridized carbons (Fsp3) is 0.318. The quantitative estimate of drug-likeness (QED) is 0.568. The lowest BCUT2D eigenvalue weighted by Gasteiger charge is -2.17. The Morgan fingerprint density at radius 2 is 1.94 bits per heavy atom. The molecule has 0 bridgehead atoms. The van der Waals surface area contributed by atoms with Crippen LogP contribution < -0.4 is 15.5 Å². The van der Waals surface area contributed by atoms with Crippen molar-refractivity contribution in [2.75, 3.05) is 35.7 Å². The Hall–Kier alpha value is -3.44. The second-order valence-electron chi connectivity index (χ2n) is 7.65. The van der Waals surface area contributed by atoms with Crippen molar-refractivity contribution < 1.29 is 18.7 Å². The summed E-state index contributed by atoms with van der Waals surface area (Å²) in [5, 5.41) is 6.03. The van der Waals surface area contributed by atoms with Gasteiger partial charge >= 0.3 is 0 Å². The minimum Gasteiger partial charge on any atom is -0.380 e. The number of carbonyl (C=O) groups is 2. The molecule has 0 saturated carbocycles. The van der Waals surface area contributed by atoms with Gasteiger partial charge in [0.2, 0.25) is 0 Å². The Labute approximate surface area is 194 Å². The third kappa shape index (κ3) is 5.15. The summed E-state index contributed by atoms with van der Waals surface area (Å²) >= 11 is 1.25. The molecule has 2 amide bonds. The highest BCUT2D eigenvalue weighted by Gasteiger charge is 2.23. The Morgan fingerprint density at radius 1 is 1.12 bits per heavy atom. The number of benzene rings is 1. The molecule has 11 heteroatoms. The van der Waals surface area contributed by atoms with Crippen molar-refractivity contribution in [3.05, 3.63) is 57.6 Å². The predicted molar refractivity (Wildman–Crippen MR) is 124 cm³/mol. The molecule has 0 spiro atoms. The van der Waals surface area contributed by atoms with Gasteiger partial charge < -0.3 is 20.3 Å². The number of carbonyl (C=O) groups excluding carboxylic acids is 2. The van der Waals surface area contributed by atoms with E-state index in [1.54, 1.807) is 27.2 Å². The number of rotatable bonds is 6. The number of aromatic nitrogens is 3. The van der Waals surface area contributed by atoms with Crippen molar-refractivity contribution in [3.63, 3.8) is 0 Å². The van der Waals surface area contributed by atoms with Gasteiger partial charge in [-0.1, -0.05) is 0 Å². The summed E-state index contributed by atoms with van der Waals surface area (Å²) in [6.45, 7) is 4.98. The molecule has 3 heterocycles. The number of amides is 2. The lowest BCUT2D eigenvalue weighted by Crippen LogP contribution is -2.23. The largest absolute Gasteiger partial charge is 0.380 e. The van der Waals surface area contributed by atoms with Gasteiger partial charge in [0.15, 0.2) is 5.82 Å². The van der Waals surface area contributed by atoms with Crippen LogP contribution in [0.15, 0.2) is 30.7 Å². The van der Waals surface area contributed by atoms with Gasteiger partial charge in [-0.25, -0.2) is 19.3 Å². The van der Waals surface area contributed by atoms with Gasteiger partial charge in [0.05, 0.1) is 35.3 Å². The molecule has 33 heavy (non-hydrogen) atoms. The number of hydrogen-bond donors (Lipinski definition) is 2. The molecular weight excluding hydrogens is 447 g/mol. The fourth-order valence-electron chi connectivity index (χ4n) is 3.49. The maximum Gasteiger partial charge on any atom is 0.267 e. The average molecular weight is 471 g/mol. The third-order valence-electron chi connectivity index (χ3n) is 5.33. The van der Waals surface area contributed by atoms with Gasteiger partial charge in [-0.3, -0.25) is 9.59 Å². The zero-order valence-electron chi connectivity index (χ0n) is 18.4. The Morgan fingerprint density at radius 3 is 2.58 bits per heavy atom. The van der Waals surface area contributed by atoms with E-state index in [9.17, 15) is 14.0 Å². The molecule has 1 atom stereocenters.